The van der Waals surface area contributed by atoms with Gasteiger partial charge in [0.15, 0.2) is 5.82 Å². The van der Waals surface area contributed by atoms with Crippen molar-refractivity contribution in [1.29, 1.82) is 0 Å². The number of morpholine rings is 1. The van der Waals surface area contributed by atoms with Crippen LogP contribution in [0, 0.1) is 0 Å². The summed E-state index contributed by atoms with van der Waals surface area (Å²) in [5.74, 6) is 0.851. The number of halogens is 1. The van der Waals surface area contributed by atoms with E-state index < -0.39 is 0 Å². The molecular formula is C17H21ClN5O+. The molecule has 0 radical (unpaired) electrons. The summed E-state index contributed by atoms with van der Waals surface area (Å²) in [5.41, 5.74) is 2.87. The number of H-pyrrole nitrogens is 1. The lowest BCUT2D eigenvalue weighted by molar-refractivity contribution is -0.908. The number of anilines is 1. The van der Waals surface area contributed by atoms with E-state index in [0.717, 1.165) is 73.6 Å². The lowest BCUT2D eigenvalue weighted by Gasteiger charge is -2.23. The molecule has 0 bridgehead atoms. The van der Waals surface area contributed by atoms with Crippen LogP contribution in [0.3, 0.4) is 0 Å². The summed E-state index contributed by atoms with van der Waals surface area (Å²) in [4.78, 5) is 13.8. The number of benzene rings is 1. The van der Waals surface area contributed by atoms with E-state index in [0.29, 0.717) is 5.02 Å². The topological polar surface area (TPSA) is 67.3 Å². The predicted octanol–water partition coefficient (Wildman–Crippen LogP) is 1.48. The fraction of sp³-hybridized carbons (Fsp3) is 0.412. The summed E-state index contributed by atoms with van der Waals surface area (Å²) in [6.45, 7) is 6.04. The van der Waals surface area contributed by atoms with Gasteiger partial charge in [0, 0.05) is 28.9 Å². The molecule has 1 aliphatic rings. The largest absolute Gasteiger partial charge is 0.370 e. The third-order valence-corrected chi connectivity index (χ3v) is 4.78. The van der Waals surface area contributed by atoms with Crippen LogP contribution in [0.15, 0.2) is 24.5 Å². The van der Waals surface area contributed by atoms with E-state index in [1.807, 2.05) is 18.2 Å². The van der Waals surface area contributed by atoms with Crippen molar-refractivity contribution >= 4 is 39.4 Å². The molecule has 2 aromatic heterocycles. The highest BCUT2D eigenvalue weighted by atomic mass is 35.5. The van der Waals surface area contributed by atoms with Gasteiger partial charge < -0.3 is 19.9 Å². The Morgan fingerprint density at radius 2 is 2.12 bits per heavy atom. The van der Waals surface area contributed by atoms with Crippen molar-refractivity contribution in [3.63, 3.8) is 0 Å². The average molecular weight is 347 g/mol. The number of nitrogens with zero attached hydrogens (tertiary/aromatic N) is 2. The molecule has 0 spiro atoms. The molecule has 0 atom stereocenters. The smallest absolute Gasteiger partial charge is 0.153 e. The highest BCUT2D eigenvalue weighted by Crippen LogP contribution is 2.29. The van der Waals surface area contributed by atoms with E-state index in [2.05, 4.69) is 20.3 Å². The maximum Gasteiger partial charge on any atom is 0.153 e. The molecule has 3 heterocycles. The van der Waals surface area contributed by atoms with Gasteiger partial charge in [-0.15, -0.1) is 0 Å². The molecule has 1 saturated heterocycles. The van der Waals surface area contributed by atoms with Gasteiger partial charge in [-0.1, -0.05) is 11.6 Å². The maximum atomic E-state index is 6.11. The van der Waals surface area contributed by atoms with Gasteiger partial charge in [0.25, 0.3) is 0 Å². The Morgan fingerprint density at radius 1 is 1.25 bits per heavy atom. The number of rotatable bonds is 5. The molecule has 1 aliphatic heterocycles. The molecule has 0 aliphatic carbocycles. The van der Waals surface area contributed by atoms with Crippen molar-refractivity contribution in [2.45, 2.75) is 6.42 Å². The van der Waals surface area contributed by atoms with Crippen molar-refractivity contribution in [2.24, 2.45) is 0 Å². The van der Waals surface area contributed by atoms with Crippen molar-refractivity contribution in [3.8, 4) is 0 Å². The van der Waals surface area contributed by atoms with Gasteiger partial charge in [0.2, 0.25) is 0 Å². The van der Waals surface area contributed by atoms with Crippen molar-refractivity contribution < 1.29 is 9.64 Å². The van der Waals surface area contributed by atoms with Crippen molar-refractivity contribution in [3.05, 3.63) is 29.5 Å². The standard InChI is InChI=1S/C17H20ClN5O/c18-12-2-3-14-13(10-12)15-16(22-14)17(21-11-20-15)19-4-1-5-23-6-8-24-9-7-23/h2-3,10-11,22H,1,4-9H2,(H,19,20,21)/p+1. The monoisotopic (exact) mass is 346 g/mol. The van der Waals surface area contributed by atoms with E-state index in [-0.39, 0.29) is 0 Å². The summed E-state index contributed by atoms with van der Waals surface area (Å²) in [7, 11) is 0. The summed E-state index contributed by atoms with van der Waals surface area (Å²) in [6.07, 6.45) is 2.71. The number of ether oxygens (including phenoxy) is 1. The van der Waals surface area contributed by atoms with Crippen LogP contribution >= 0.6 is 11.6 Å². The highest BCUT2D eigenvalue weighted by molar-refractivity contribution is 6.31. The van der Waals surface area contributed by atoms with Crippen LogP contribution in [0.5, 0.6) is 0 Å². The van der Waals surface area contributed by atoms with Gasteiger partial charge in [0.1, 0.15) is 30.5 Å². The van der Waals surface area contributed by atoms with E-state index in [4.69, 9.17) is 16.3 Å². The van der Waals surface area contributed by atoms with Gasteiger partial charge in [0.05, 0.1) is 19.8 Å². The predicted molar refractivity (Wildman–Crippen MR) is 95.9 cm³/mol. The quantitative estimate of drug-likeness (QED) is 0.612. The summed E-state index contributed by atoms with van der Waals surface area (Å²) >= 11 is 6.11. The van der Waals surface area contributed by atoms with Crippen LogP contribution in [0.4, 0.5) is 5.82 Å². The SMILES string of the molecule is Clc1ccc2[nH]c3c(NCCC[NH+]4CCOCC4)ncnc3c2c1. The maximum absolute atomic E-state index is 6.11. The Hall–Kier alpha value is -1.89. The van der Waals surface area contributed by atoms with Crippen LogP contribution in [0.25, 0.3) is 21.9 Å². The van der Waals surface area contributed by atoms with E-state index in [1.54, 1.807) is 11.2 Å². The second kappa shape index (κ2) is 6.93. The number of aromatic nitrogens is 3. The minimum absolute atomic E-state index is 0.713. The fourth-order valence-corrected chi connectivity index (χ4v) is 3.43. The van der Waals surface area contributed by atoms with Crippen LogP contribution in [0.1, 0.15) is 6.42 Å². The second-order valence-corrected chi connectivity index (χ2v) is 6.59. The lowest BCUT2D eigenvalue weighted by atomic mass is 10.2. The summed E-state index contributed by atoms with van der Waals surface area (Å²) in [5, 5.41) is 5.18. The molecule has 0 saturated carbocycles. The normalized spacial score (nSPS) is 16.0. The van der Waals surface area contributed by atoms with E-state index >= 15 is 0 Å². The van der Waals surface area contributed by atoms with Crippen molar-refractivity contribution in [1.82, 2.24) is 15.0 Å². The van der Waals surface area contributed by atoms with E-state index in [9.17, 15) is 0 Å². The molecule has 4 rings (SSSR count). The molecule has 24 heavy (non-hydrogen) atoms. The average Bonchev–Trinajstić information content (AvgIpc) is 2.98. The number of fused-ring (bicyclic) bond motifs is 3. The first-order valence-corrected chi connectivity index (χ1v) is 8.76. The molecule has 6 nitrogen and oxygen atoms in total. The summed E-state index contributed by atoms with van der Waals surface area (Å²) in [6, 6.07) is 5.80. The van der Waals surface area contributed by atoms with Gasteiger partial charge in [-0.25, -0.2) is 9.97 Å². The number of hydrogen-bond donors (Lipinski definition) is 3. The first-order chi connectivity index (χ1) is 11.8. The number of hydrogen-bond acceptors (Lipinski definition) is 4. The fourth-order valence-electron chi connectivity index (χ4n) is 3.25. The Kier molecular flexibility index (Phi) is 4.51. The molecular weight excluding hydrogens is 326 g/mol. The first-order valence-electron chi connectivity index (χ1n) is 8.38. The Balaban J connectivity index is 1.46. The van der Waals surface area contributed by atoms with Crippen LogP contribution in [0.2, 0.25) is 5.02 Å². The molecule has 1 fully saturated rings. The zero-order valence-electron chi connectivity index (χ0n) is 13.4. The number of quaternary nitrogens is 1. The number of aromatic amines is 1. The molecule has 0 unspecified atom stereocenters. The van der Waals surface area contributed by atoms with Gasteiger partial charge >= 0.3 is 0 Å². The third-order valence-electron chi connectivity index (χ3n) is 4.54. The highest BCUT2D eigenvalue weighted by Gasteiger charge is 2.14. The Labute approximate surface area is 145 Å². The van der Waals surface area contributed by atoms with Gasteiger partial charge in [-0.05, 0) is 18.2 Å². The zero-order chi connectivity index (χ0) is 16.4. The lowest BCUT2D eigenvalue weighted by Crippen LogP contribution is -3.14. The first kappa shape index (κ1) is 15.6. The molecule has 3 N–H and O–H groups in total. The van der Waals surface area contributed by atoms with Crippen molar-refractivity contribution in [2.75, 3.05) is 44.7 Å². The van der Waals surface area contributed by atoms with Crippen LogP contribution < -0.4 is 10.2 Å². The van der Waals surface area contributed by atoms with Crippen LogP contribution in [-0.4, -0.2) is 54.3 Å². The second-order valence-electron chi connectivity index (χ2n) is 6.15. The van der Waals surface area contributed by atoms with Crippen LogP contribution in [-0.2, 0) is 4.74 Å². The van der Waals surface area contributed by atoms with Gasteiger partial charge in [-0.2, -0.15) is 0 Å². The molecule has 3 aromatic rings. The molecule has 7 heteroatoms. The minimum Gasteiger partial charge on any atom is -0.370 e. The minimum atomic E-state index is 0.713. The number of nitrogens with one attached hydrogen (secondary N) is 3. The molecule has 126 valence electrons. The Morgan fingerprint density at radius 3 is 3.00 bits per heavy atom. The van der Waals surface area contributed by atoms with E-state index in [1.165, 1.54) is 0 Å². The molecule has 0 amide bonds. The summed E-state index contributed by atoms with van der Waals surface area (Å²) < 4.78 is 5.39. The zero-order valence-corrected chi connectivity index (χ0v) is 14.2. The Bertz CT molecular complexity index is 843. The molecule has 1 aromatic carbocycles. The van der Waals surface area contributed by atoms with Gasteiger partial charge in [-0.3, -0.25) is 0 Å². The third kappa shape index (κ3) is 3.17.